The van der Waals surface area contributed by atoms with Crippen LogP contribution in [0.3, 0.4) is 0 Å². The summed E-state index contributed by atoms with van der Waals surface area (Å²) in [5.41, 5.74) is 1.06. The van der Waals surface area contributed by atoms with Gasteiger partial charge in [0.1, 0.15) is 11.4 Å². The largest absolute Gasteiger partial charge is 0.368 e. The summed E-state index contributed by atoms with van der Waals surface area (Å²) in [5.74, 6) is -0.853. The van der Waals surface area contributed by atoms with Crippen LogP contribution in [0, 0.1) is 12.7 Å². The first-order valence-corrected chi connectivity index (χ1v) is 10.2. The van der Waals surface area contributed by atoms with E-state index in [4.69, 9.17) is 0 Å². The van der Waals surface area contributed by atoms with Crippen molar-refractivity contribution in [1.82, 2.24) is 20.5 Å². The van der Waals surface area contributed by atoms with Crippen LogP contribution in [-0.4, -0.2) is 53.9 Å². The number of carbonyl (C=O) groups is 3. The third kappa shape index (κ3) is 4.08. The van der Waals surface area contributed by atoms with Gasteiger partial charge in [-0.1, -0.05) is 12.1 Å². The number of amides is 4. The van der Waals surface area contributed by atoms with Crippen molar-refractivity contribution < 1.29 is 18.8 Å². The summed E-state index contributed by atoms with van der Waals surface area (Å²) in [5, 5.41) is 4.94. The highest BCUT2D eigenvalue weighted by Gasteiger charge is 2.48. The second-order valence-corrected chi connectivity index (χ2v) is 7.85. The Labute approximate surface area is 179 Å². The number of imide groups is 1. The van der Waals surface area contributed by atoms with Crippen molar-refractivity contribution in [3.8, 4) is 0 Å². The fourth-order valence-electron chi connectivity index (χ4n) is 4.20. The zero-order valence-corrected chi connectivity index (χ0v) is 17.2. The maximum absolute atomic E-state index is 13.6. The number of aryl methyl sites for hydroxylation is 1. The van der Waals surface area contributed by atoms with Gasteiger partial charge in [0.05, 0.1) is 0 Å². The molecule has 1 atom stereocenters. The maximum Gasteiger partial charge on any atom is 0.322 e. The van der Waals surface area contributed by atoms with Gasteiger partial charge in [0.15, 0.2) is 0 Å². The SMILES string of the molecule is Cc1ccc(F)cc1N1CCN(C(=O)CCC2(c3cccnc3)NC(=O)NC2=O)CC1. The van der Waals surface area contributed by atoms with Gasteiger partial charge in [-0.25, -0.2) is 9.18 Å². The van der Waals surface area contributed by atoms with E-state index < -0.39 is 17.5 Å². The van der Waals surface area contributed by atoms with Crippen LogP contribution >= 0.6 is 0 Å². The number of halogens is 1. The van der Waals surface area contributed by atoms with Crippen molar-refractivity contribution in [2.75, 3.05) is 31.1 Å². The molecule has 2 aromatic rings. The molecule has 0 spiro atoms. The van der Waals surface area contributed by atoms with E-state index in [0.717, 1.165) is 11.3 Å². The molecule has 3 heterocycles. The number of carbonyl (C=O) groups excluding carboxylic acids is 3. The van der Waals surface area contributed by atoms with Gasteiger partial charge in [0, 0.05) is 56.2 Å². The van der Waals surface area contributed by atoms with Gasteiger partial charge < -0.3 is 15.1 Å². The number of rotatable bonds is 5. The molecular weight excluding hydrogens is 401 g/mol. The number of piperazine rings is 1. The van der Waals surface area contributed by atoms with Crippen LogP contribution in [0.5, 0.6) is 0 Å². The number of urea groups is 1. The Balaban J connectivity index is 1.40. The van der Waals surface area contributed by atoms with Crippen LogP contribution in [-0.2, 0) is 15.1 Å². The molecule has 162 valence electrons. The number of benzene rings is 1. The smallest absolute Gasteiger partial charge is 0.322 e. The van der Waals surface area contributed by atoms with Crippen molar-refractivity contribution in [2.45, 2.75) is 25.3 Å². The van der Waals surface area contributed by atoms with Crippen molar-refractivity contribution in [3.63, 3.8) is 0 Å². The molecule has 0 bridgehead atoms. The van der Waals surface area contributed by atoms with Crippen molar-refractivity contribution in [2.24, 2.45) is 0 Å². The molecule has 31 heavy (non-hydrogen) atoms. The summed E-state index contributed by atoms with van der Waals surface area (Å²) in [4.78, 5) is 45.1. The van der Waals surface area contributed by atoms with Crippen LogP contribution in [0.15, 0.2) is 42.7 Å². The van der Waals surface area contributed by atoms with Crippen LogP contribution < -0.4 is 15.5 Å². The first-order chi connectivity index (χ1) is 14.9. The lowest BCUT2D eigenvalue weighted by Gasteiger charge is -2.37. The summed E-state index contributed by atoms with van der Waals surface area (Å²) in [6.07, 6.45) is 3.34. The number of aromatic nitrogens is 1. The van der Waals surface area contributed by atoms with E-state index in [-0.39, 0.29) is 24.6 Å². The van der Waals surface area contributed by atoms with Crippen molar-refractivity contribution in [1.29, 1.82) is 0 Å². The van der Waals surface area contributed by atoms with Gasteiger partial charge in [0.2, 0.25) is 5.91 Å². The monoisotopic (exact) mass is 425 g/mol. The molecule has 2 aliphatic rings. The Bertz CT molecular complexity index is 1010. The number of nitrogens with one attached hydrogen (secondary N) is 2. The number of hydrogen-bond donors (Lipinski definition) is 2. The first-order valence-electron chi connectivity index (χ1n) is 10.2. The summed E-state index contributed by atoms with van der Waals surface area (Å²) in [7, 11) is 0. The number of anilines is 1. The number of pyridine rings is 1. The van der Waals surface area contributed by atoms with Gasteiger partial charge in [-0.05, 0) is 37.1 Å². The van der Waals surface area contributed by atoms with Gasteiger partial charge in [-0.15, -0.1) is 0 Å². The molecule has 9 heteroatoms. The van der Waals surface area contributed by atoms with E-state index in [2.05, 4.69) is 20.5 Å². The topological polar surface area (TPSA) is 94.6 Å². The minimum Gasteiger partial charge on any atom is -0.368 e. The molecule has 0 radical (unpaired) electrons. The lowest BCUT2D eigenvalue weighted by atomic mass is 9.86. The highest BCUT2D eigenvalue weighted by molar-refractivity contribution is 6.07. The number of hydrogen-bond acceptors (Lipinski definition) is 5. The van der Waals surface area contributed by atoms with Crippen molar-refractivity contribution in [3.05, 3.63) is 59.7 Å². The molecule has 0 saturated carbocycles. The van der Waals surface area contributed by atoms with Gasteiger partial charge in [-0.2, -0.15) is 0 Å². The van der Waals surface area contributed by atoms with E-state index >= 15 is 0 Å². The molecule has 1 aromatic heterocycles. The fraction of sp³-hybridized carbons (Fsp3) is 0.364. The molecule has 8 nitrogen and oxygen atoms in total. The molecule has 2 saturated heterocycles. The van der Waals surface area contributed by atoms with Crippen molar-refractivity contribution >= 4 is 23.5 Å². The Morgan fingerprint density at radius 3 is 2.61 bits per heavy atom. The zero-order chi connectivity index (χ0) is 22.0. The standard InChI is InChI=1S/C22H24FN5O3/c1-15-4-5-17(23)13-18(15)27-9-11-28(12-10-27)19(29)6-7-22(16-3-2-8-24-14-16)20(30)25-21(31)26-22/h2-5,8,13-14H,6-7,9-12H2,1H3,(H2,25,26,30,31). The van der Waals surface area contributed by atoms with Gasteiger partial charge >= 0.3 is 6.03 Å². The average Bonchev–Trinajstić information content (AvgIpc) is 3.08. The van der Waals surface area contributed by atoms with E-state index in [1.165, 1.54) is 18.3 Å². The number of nitrogens with zero attached hydrogens (tertiary/aromatic N) is 3. The van der Waals surface area contributed by atoms with E-state index in [1.54, 1.807) is 29.3 Å². The second-order valence-electron chi connectivity index (χ2n) is 7.85. The van der Waals surface area contributed by atoms with E-state index in [0.29, 0.717) is 31.7 Å². The molecule has 1 unspecified atom stereocenters. The molecule has 1 aromatic carbocycles. The van der Waals surface area contributed by atoms with Gasteiger partial charge in [-0.3, -0.25) is 19.9 Å². The quantitative estimate of drug-likeness (QED) is 0.711. The predicted molar refractivity (Wildman–Crippen MR) is 112 cm³/mol. The molecule has 2 fully saturated rings. The lowest BCUT2D eigenvalue weighted by molar-refractivity contribution is -0.132. The minimum atomic E-state index is -1.30. The maximum atomic E-state index is 13.6. The lowest BCUT2D eigenvalue weighted by Crippen LogP contribution is -2.50. The molecule has 0 aliphatic carbocycles. The highest BCUT2D eigenvalue weighted by Crippen LogP contribution is 2.30. The normalized spacial score (nSPS) is 21.1. The van der Waals surface area contributed by atoms with Gasteiger partial charge in [0.25, 0.3) is 5.91 Å². The molecule has 4 rings (SSSR count). The molecule has 2 N–H and O–H groups in total. The minimum absolute atomic E-state index is 0.0900. The molecule has 2 aliphatic heterocycles. The Kier molecular flexibility index (Phi) is 5.58. The average molecular weight is 425 g/mol. The zero-order valence-electron chi connectivity index (χ0n) is 17.2. The van der Waals surface area contributed by atoms with Crippen LogP contribution in [0.2, 0.25) is 0 Å². The second kappa shape index (κ2) is 8.33. The van der Waals surface area contributed by atoms with E-state index in [1.807, 2.05) is 6.92 Å². The van der Waals surface area contributed by atoms with Crippen LogP contribution in [0.1, 0.15) is 24.0 Å². The highest BCUT2D eigenvalue weighted by atomic mass is 19.1. The van der Waals surface area contributed by atoms with Crippen LogP contribution in [0.4, 0.5) is 14.9 Å². The fourth-order valence-corrected chi connectivity index (χ4v) is 4.20. The third-order valence-corrected chi connectivity index (χ3v) is 5.95. The van der Waals surface area contributed by atoms with Crippen LogP contribution in [0.25, 0.3) is 0 Å². The Hall–Kier alpha value is -3.49. The summed E-state index contributed by atoms with van der Waals surface area (Å²) in [6.45, 7) is 4.15. The Morgan fingerprint density at radius 2 is 1.97 bits per heavy atom. The summed E-state index contributed by atoms with van der Waals surface area (Å²) < 4.78 is 13.6. The first kappa shape index (κ1) is 20.8. The molecule has 4 amide bonds. The third-order valence-electron chi connectivity index (χ3n) is 5.95. The van der Waals surface area contributed by atoms with E-state index in [9.17, 15) is 18.8 Å². The Morgan fingerprint density at radius 1 is 1.19 bits per heavy atom. The summed E-state index contributed by atoms with van der Waals surface area (Å²) in [6, 6.07) is 7.52. The predicted octanol–water partition coefficient (Wildman–Crippen LogP) is 1.69. The summed E-state index contributed by atoms with van der Waals surface area (Å²) >= 11 is 0. The molecular formula is C22H24FN5O3.